The number of hydrogen-bond donors (Lipinski definition) is 1. The molecule has 0 spiro atoms. The van der Waals surface area contributed by atoms with Gasteiger partial charge in [0.2, 0.25) is 5.91 Å². The molecule has 116 valence electrons. The highest BCUT2D eigenvalue weighted by Crippen LogP contribution is 2.04. The largest absolute Gasteiger partial charge is 0.359 e. The SMILES string of the molecule is C[Si](C)(CNC(=O)CCCc1ccccn1)c1ccccc1. The molecular formula is C18H24N2OSi. The highest BCUT2D eigenvalue weighted by atomic mass is 28.3. The van der Waals surface area contributed by atoms with Gasteiger partial charge in [-0.15, -0.1) is 0 Å². The summed E-state index contributed by atoms with van der Waals surface area (Å²) < 4.78 is 0. The standard InChI is InChI=1S/C18H24N2OSi/c1-22(2,17-11-4-3-5-12-17)15-20-18(21)13-8-10-16-9-6-7-14-19-16/h3-7,9,11-12,14H,8,10,13,15H2,1-2H3,(H,20,21). The molecule has 4 heteroatoms. The van der Waals surface area contributed by atoms with Crippen molar-refractivity contribution in [2.24, 2.45) is 0 Å². The fraction of sp³-hybridized carbons (Fsp3) is 0.333. The summed E-state index contributed by atoms with van der Waals surface area (Å²) in [4.78, 5) is 16.3. The van der Waals surface area contributed by atoms with Gasteiger partial charge in [0.15, 0.2) is 0 Å². The summed E-state index contributed by atoms with van der Waals surface area (Å²) in [7, 11) is -1.59. The van der Waals surface area contributed by atoms with E-state index in [4.69, 9.17) is 0 Å². The summed E-state index contributed by atoms with van der Waals surface area (Å²) in [6.45, 7) is 4.58. The van der Waals surface area contributed by atoms with E-state index >= 15 is 0 Å². The highest BCUT2D eigenvalue weighted by Gasteiger charge is 2.23. The van der Waals surface area contributed by atoms with Crippen molar-refractivity contribution in [2.45, 2.75) is 32.4 Å². The van der Waals surface area contributed by atoms with Crippen LogP contribution in [0, 0.1) is 0 Å². The van der Waals surface area contributed by atoms with Crippen molar-refractivity contribution >= 4 is 19.2 Å². The molecule has 2 aromatic rings. The molecule has 0 aliphatic rings. The third-order valence-electron chi connectivity index (χ3n) is 3.85. The van der Waals surface area contributed by atoms with Crippen molar-refractivity contribution < 1.29 is 4.79 Å². The van der Waals surface area contributed by atoms with E-state index in [1.54, 1.807) is 6.20 Å². The third-order valence-corrected chi connectivity index (χ3v) is 6.80. The van der Waals surface area contributed by atoms with E-state index in [0.717, 1.165) is 24.7 Å². The van der Waals surface area contributed by atoms with E-state index in [9.17, 15) is 4.79 Å². The Morgan fingerprint density at radius 3 is 2.50 bits per heavy atom. The molecule has 0 aliphatic heterocycles. The predicted octanol–water partition coefficient (Wildman–Crippen LogP) is 2.68. The second-order valence-electron chi connectivity index (χ2n) is 6.20. The molecule has 0 fully saturated rings. The molecule has 0 saturated heterocycles. The number of carbonyl (C=O) groups excluding carboxylic acids is 1. The van der Waals surface area contributed by atoms with E-state index in [0.29, 0.717) is 6.42 Å². The Morgan fingerprint density at radius 1 is 1.09 bits per heavy atom. The second kappa shape index (κ2) is 7.89. The van der Waals surface area contributed by atoms with Gasteiger partial charge in [0.25, 0.3) is 0 Å². The van der Waals surface area contributed by atoms with Crippen molar-refractivity contribution in [3.63, 3.8) is 0 Å². The van der Waals surface area contributed by atoms with Crippen LogP contribution in [0.2, 0.25) is 13.1 Å². The van der Waals surface area contributed by atoms with Gasteiger partial charge >= 0.3 is 0 Å². The van der Waals surface area contributed by atoms with E-state index in [1.165, 1.54) is 5.19 Å². The van der Waals surface area contributed by atoms with E-state index < -0.39 is 8.07 Å². The summed E-state index contributed by atoms with van der Waals surface area (Å²) >= 11 is 0. The number of amides is 1. The van der Waals surface area contributed by atoms with E-state index in [-0.39, 0.29) is 5.91 Å². The molecule has 1 heterocycles. The van der Waals surface area contributed by atoms with E-state index in [2.05, 4.69) is 47.7 Å². The number of hydrogen-bond acceptors (Lipinski definition) is 2. The minimum atomic E-state index is -1.59. The Bertz CT molecular complexity index is 585. The van der Waals surface area contributed by atoms with Crippen LogP contribution < -0.4 is 10.5 Å². The number of nitrogens with one attached hydrogen (secondary N) is 1. The number of rotatable bonds is 7. The molecule has 0 atom stereocenters. The van der Waals surface area contributed by atoms with Crippen molar-refractivity contribution in [2.75, 3.05) is 6.17 Å². The summed E-state index contributed by atoms with van der Waals surface area (Å²) in [6, 6.07) is 16.4. The molecule has 2 rings (SSSR count). The van der Waals surface area contributed by atoms with Crippen LogP contribution in [-0.4, -0.2) is 25.1 Å². The predicted molar refractivity (Wildman–Crippen MR) is 93.7 cm³/mol. The average Bonchev–Trinajstić information content (AvgIpc) is 2.55. The van der Waals surface area contributed by atoms with Crippen molar-refractivity contribution in [1.82, 2.24) is 10.3 Å². The first-order valence-corrected chi connectivity index (χ1v) is 11.0. The summed E-state index contributed by atoms with van der Waals surface area (Å²) in [6.07, 6.45) is 4.85. The summed E-state index contributed by atoms with van der Waals surface area (Å²) in [5.74, 6) is 0.146. The van der Waals surface area contributed by atoms with Gasteiger partial charge in [-0.1, -0.05) is 54.7 Å². The molecule has 0 radical (unpaired) electrons. The Morgan fingerprint density at radius 2 is 1.82 bits per heavy atom. The number of aryl methyl sites for hydroxylation is 1. The molecule has 1 aromatic carbocycles. The zero-order valence-electron chi connectivity index (χ0n) is 13.4. The first kappa shape index (κ1) is 16.4. The van der Waals surface area contributed by atoms with Crippen LogP contribution in [-0.2, 0) is 11.2 Å². The van der Waals surface area contributed by atoms with Gasteiger partial charge in [0.05, 0.1) is 0 Å². The fourth-order valence-corrected chi connectivity index (χ4v) is 4.31. The molecule has 22 heavy (non-hydrogen) atoms. The lowest BCUT2D eigenvalue weighted by Gasteiger charge is -2.23. The molecule has 0 unspecified atom stereocenters. The zero-order chi connectivity index (χ0) is 15.8. The van der Waals surface area contributed by atoms with Crippen LogP contribution in [0.4, 0.5) is 0 Å². The topological polar surface area (TPSA) is 42.0 Å². The lowest BCUT2D eigenvalue weighted by molar-refractivity contribution is -0.120. The molecular weight excluding hydrogens is 288 g/mol. The molecule has 3 nitrogen and oxygen atoms in total. The molecule has 1 amide bonds. The van der Waals surface area contributed by atoms with Gasteiger partial charge in [0.1, 0.15) is 8.07 Å². The Kier molecular flexibility index (Phi) is 5.89. The number of carbonyl (C=O) groups is 1. The van der Waals surface area contributed by atoms with Crippen LogP contribution in [0.25, 0.3) is 0 Å². The zero-order valence-corrected chi connectivity index (χ0v) is 14.4. The third kappa shape index (κ3) is 5.11. The number of aromatic nitrogens is 1. The highest BCUT2D eigenvalue weighted by molar-refractivity contribution is 6.90. The molecule has 0 aliphatic carbocycles. The Balaban J connectivity index is 1.73. The fourth-order valence-electron chi connectivity index (χ4n) is 2.38. The minimum absolute atomic E-state index is 0.146. The quantitative estimate of drug-likeness (QED) is 0.799. The average molecular weight is 312 g/mol. The maximum atomic E-state index is 12.0. The first-order chi connectivity index (χ1) is 10.6. The molecule has 1 aromatic heterocycles. The molecule has 0 saturated carbocycles. The van der Waals surface area contributed by atoms with Crippen LogP contribution in [0.3, 0.4) is 0 Å². The maximum absolute atomic E-state index is 12.0. The van der Waals surface area contributed by atoms with Gasteiger partial charge in [-0.25, -0.2) is 0 Å². The minimum Gasteiger partial charge on any atom is -0.359 e. The van der Waals surface area contributed by atoms with Crippen molar-refractivity contribution in [1.29, 1.82) is 0 Å². The number of benzene rings is 1. The van der Waals surface area contributed by atoms with Gasteiger partial charge in [-0.05, 0) is 25.0 Å². The number of nitrogens with zero attached hydrogens (tertiary/aromatic N) is 1. The second-order valence-corrected chi connectivity index (χ2v) is 10.9. The Labute approximate surface area is 133 Å². The smallest absolute Gasteiger partial charge is 0.219 e. The lowest BCUT2D eigenvalue weighted by Crippen LogP contribution is -2.51. The molecule has 1 N–H and O–H groups in total. The monoisotopic (exact) mass is 312 g/mol. The van der Waals surface area contributed by atoms with Crippen LogP contribution in [0.1, 0.15) is 18.5 Å². The summed E-state index contributed by atoms with van der Waals surface area (Å²) in [5.41, 5.74) is 1.05. The van der Waals surface area contributed by atoms with Crippen LogP contribution in [0.5, 0.6) is 0 Å². The van der Waals surface area contributed by atoms with Gasteiger partial charge in [0, 0.05) is 24.5 Å². The van der Waals surface area contributed by atoms with Crippen molar-refractivity contribution in [3.05, 3.63) is 60.4 Å². The number of pyridine rings is 1. The van der Waals surface area contributed by atoms with E-state index in [1.807, 2.05) is 24.3 Å². The lowest BCUT2D eigenvalue weighted by atomic mass is 10.2. The first-order valence-electron chi connectivity index (χ1n) is 7.80. The van der Waals surface area contributed by atoms with Gasteiger partial charge in [-0.3, -0.25) is 9.78 Å². The normalized spacial score (nSPS) is 11.2. The maximum Gasteiger partial charge on any atom is 0.219 e. The Hall–Kier alpha value is -1.94. The van der Waals surface area contributed by atoms with Crippen LogP contribution in [0.15, 0.2) is 54.7 Å². The summed E-state index contributed by atoms with van der Waals surface area (Å²) in [5, 5.41) is 4.49. The van der Waals surface area contributed by atoms with Gasteiger partial charge < -0.3 is 5.32 Å². The van der Waals surface area contributed by atoms with Crippen molar-refractivity contribution in [3.8, 4) is 0 Å². The van der Waals surface area contributed by atoms with Gasteiger partial charge in [-0.2, -0.15) is 0 Å². The van der Waals surface area contributed by atoms with Crippen LogP contribution >= 0.6 is 0 Å². The molecule has 0 bridgehead atoms.